The molecule has 1 aromatic rings. The van der Waals surface area contributed by atoms with Gasteiger partial charge in [-0.1, -0.05) is 6.07 Å². The molecular formula is C10H14ClF2NO. The van der Waals surface area contributed by atoms with E-state index in [0.29, 0.717) is 12.8 Å². The third-order valence-corrected chi connectivity index (χ3v) is 2.04. The van der Waals surface area contributed by atoms with Crippen molar-refractivity contribution in [2.45, 2.75) is 18.9 Å². The second kappa shape index (κ2) is 6.71. The fraction of sp³-hybridized carbons (Fsp3) is 0.400. The van der Waals surface area contributed by atoms with Crippen molar-refractivity contribution in [2.75, 3.05) is 6.61 Å². The van der Waals surface area contributed by atoms with Crippen molar-refractivity contribution < 1.29 is 13.9 Å². The third kappa shape index (κ3) is 3.74. The van der Waals surface area contributed by atoms with Crippen LogP contribution in [-0.4, -0.2) is 11.7 Å². The quantitative estimate of drug-likeness (QED) is 0.843. The Hall–Kier alpha value is -0.710. The molecule has 0 saturated carbocycles. The summed E-state index contributed by atoms with van der Waals surface area (Å²) < 4.78 is 26.3. The van der Waals surface area contributed by atoms with Crippen LogP contribution in [0.3, 0.4) is 0 Å². The smallest absolute Gasteiger partial charge is 0.130 e. The number of rotatable bonds is 4. The molecule has 0 aliphatic heterocycles. The molecule has 0 fully saturated rings. The Morgan fingerprint density at radius 2 is 1.80 bits per heavy atom. The molecule has 86 valence electrons. The molecule has 0 heterocycles. The SMILES string of the molecule is Cl.N[C@@H](CCCO)c1c(F)cccc1F. The van der Waals surface area contributed by atoms with Crippen LogP contribution in [0.25, 0.3) is 0 Å². The molecule has 0 radical (unpaired) electrons. The van der Waals surface area contributed by atoms with Crippen molar-refractivity contribution in [3.05, 3.63) is 35.4 Å². The molecule has 0 spiro atoms. The van der Waals surface area contributed by atoms with Gasteiger partial charge >= 0.3 is 0 Å². The largest absolute Gasteiger partial charge is 0.396 e. The van der Waals surface area contributed by atoms with E-state index >= 15 is 0 Å². The molecule has 0 saturated heterocycles. The standard InChI is InChI=1S/C10H13F2NO.ClH/c11-7-3-1-4-8(12)10(7)9(13)5-2-6-14;/h1,3-4,9,14H,2,5-6,13H2;1H/t9-;/m0./s1. The van der Waals surface area contributed by atoms with Gasteiger partial charge < -0.3 is 10.8 Å². The molecule has 0 aliphatic carbocycles. The number of aliphatic hydroxyl groups excluding tert-OH is 1. The van der Waals surface area contributed by atoms with Gasteiger partial charge in [0.1, 0.15) is 11.6 Å². The topological polar surface area (TPSA) is 46.2 Å². The second-order valence-electron chi connectivity index (χ2n) is 3.11. The number of halogens is 3. The number of benzene rings is 1. The molecule has 2 nitrogen and oxygen atoms in total. The van der Waals surface area contributed by atoms with E-state index in [1.54, 1.807) is 0 Å². The first kappa shape index (κ1) is 14.3. The van der Waals surface area contributed by atoms with Crippen molar-refractivity contribution >= 4 is 12.4 Å². The Morgan fingerprint density at radius 3 is 2.27 bits per heavy atom. The molecule has 0 bridgehead atoms. The average molecular weight is 238 g/mol. The van der Waals surface area contributed by atoms with Crippen LogP contribution in [0.1, 0.15) is 24.4 Å². The van der Waals surface area contributed by atoms with Gasteiger partial charge in [0, 0.05) is 18.2 Å². The summed E-state index contributed by atoms with van der Waals surface area (Å²) in [6.45, 7) is -0.0240. The Balaban J connectivity index is 0.00000196. The van der Waals surface area contributed by atoms with Crippen molar-refractivity contribution in [3.63, 3.8) is 0 Å². The van der Waals surface area contributed by atoms with Crippen molar-refractivity contribution in [3.8, 4) is 0 Å². The summed E-state index contributed by atoms with van der Waals surface area (Å²) in [5.41, 5.74) is 5.50. The van der Waals surface area contributed by atoms with Crippen molar-refractivity contribution in [2.24, 2.45) is 5.73 Å². The Morgan fingerprint density at radius 1 is 1.27 bits per heavy atom. The van der Waals surface area contributed by atoms with Gasteiger partial charge in [-0.2, -0.15) is 0 Å². The van der Waals surface area contributed by atoms with Crippen molar-refractivity contribution in [1.82, 2.24) is 0 Å². The van der Waals surface area contributed by atoms with Crippen LogP contribution in [0, 0.1) is 11.6 Å². The lowest BCUT2D eigenvalue weighted by atomic mass is 10.0. The molecular weight excluding hydrogens is 224 g/mol. The van der Waals surface area contributed by atoms with Crippen molar-refractivity contribution in [1.29, 1.82) is 0 Å². The molecule has 0 aromatic heterocycles. The normalized spacial score (nSPS) is 12.0. The summed E-state index contributed by atoms with van der Waals surface area (Å²) in [7, 11) is 0. The maximum Gasteiger partial charge on any atom is 0.130 e. The van der Waals surface area contributed by atoms with Gasteiger partial charge in [-0.15, -0.1) is 12.4 Å². The van der Waals surface area contributed by atoms with Crippen LogP contribution < -0.4 is 5.73 Å². The fourth-order valence-electron chi connectivity index (χ4n) is 1.32. The highest BCUT2D eigenvalue weighted by Gasteiger charge is 2.15. The lowest BCUT2D eigenvalue weighted by molar-refractivity contribution is 0.279. The lowest BCUT2D eigenvalue weighted by Gasteiger charge is -2.12. The van der Waals surface area contributed by atoms with Crippen LogP contribution in [-0.2, 0) is 0 Å². The minimum Gasteiger partial charge on any atom is -0.396 e. The zero-order chi connectivity index (χ0) is 10.6. The molecule has 0 unspecified atom stereocenters. The van der Waals surface area contributed by atoms with Gasteiger partial charge in [-0.3, -0.25) is 0 Å². The fourth-order valence-corrected chi connectivity index (χ4v) is 1.32. The van der Waals surface area contributed by atoms with E-state index in [1.165, 1.54) is 18.2 Å². The highest BCUT2D eigenvalue weighted by Crippen LogP contribution is 2.21. The Kier molecular flexibility index (Phi) is 6.40. The highest BCUT2D eigenvalue weighted by atomic mass is 35.5. The van der Waals surface area contributed by atoms with E-state index in [-0.39, 0.29) is 24.6 Å². The number of nitrogens with two attached hydrogens (primary N) is 1. The van der Waals surface area contributed by atoms with E-state index < -0.39 is 17.7 Å². The van der Waals surface area contributed by atoms with E-state index in [2.05, 4.69) is 0 Å². The van der Waals surface area contributed by atoms with E-state index in [4.69, 9.17) is 10.8 Å². The Bertz CT molecular complexity index is 289. The van der Waals surface area contributed by atoms with E-state index in [1.807, 2.05) is 0 Å². The third-order valence-electron chi connectivity index (χ3n) is 2.04. The Labute approximate surface area is 93.5 Å². The first-order valence-corrected chi connectivity index (χ1v) is 4.47. The zero-order valence-corrected chi connectivity index (χ0v) is 8.94. The summed E-state index contributed by atoms with van der Waals surface area (Å²) in [6, 6.07) is 2.96. The van der Waals surface area contributed by atoms with Crippen LogP contribution in [0.15, 0.2) is 18.2 Å². The van der Waals surface area contributed by atoms with E-state index in [0.717, 1.165) is 0 Å². The predicted molar refractivity (Wildman–Crippen MR) is 56.9 cm³/mol. The summed E-state index contributed by atoms with van der Waals surface area (Å²) in [5.74, 6) is -1.26. The minimum absolute atomic E-state index is 0. The summed E-state index contributed by atoms with van der Waals surface area (Å²) >= 11 is 0. The maximum absolute atomic E-state index is 13.1. The number of hydrogen-bond acceptors (Lipinski definition) is 2. The predicted octanol–water partition coefficient (Wildman–Crippen LogP) is 2.16. The van der Waals surface area contributed by atoms with Gasteiger partial charge in [0.15, 0.2) is 0 Å². The monoisotopic (exact) mass is 237 g/mol. The molecule has 15 heavy (non-hydrogen) atoms. The zero-order valence-electron chi connectivity index (χ0n) is 8.12. The number of hydrogen-bond donors (Lipinski definition) is 2. The molecule has 0 aliphatic rings. The van der Waals surface area contributed by atoms with Crippen LogP contribution in [0.2, 0.25) is 0 Å². The highest BCUT2D eigenvalue weighted by molar-refractivity contribution is 5.85. The molecule has 1 aromatic carbocycles. The molecule has 3 N–H and O–H groups in total. The lowest BCUT2D eigenvalue weighted by Crippen LogP contribution is -2.14. The molecule has 1 atom stereocenters. The average Bonchev–Trinajstić information content (AvgIpc) is 2.14. The first-order chi connectivity index (χ1) is 6.66. The molecule has 1 rings (SSSR count). The number of aliphatic hydroxyl groups is 1. The summed E-state index contributed by atoms with van der Waals surface area (Å²) in [6.07, 6.45) is 0.809. The second-order valence-corrected chi connectivity index (χ2v) is 3.11. The summed E-state index contributed by atoms with van der Waals surface area (Å²) in [4.78, 5) is 0. The molecule has 0 amide bonds. The van der Waals surface area contributed by atoms with Gasteiger partial charge in [-0.25, -0.2) is 8.78 Å². The van der Waals surface area contributed by atoms with Gasteiger partial charge in [-0.05, 0) is 25.0 Å². The van der Waals surface area contributed by atoms with Gasteiger partial charge in [0.2, 0.25) is 0 Å². The van der Waals surface area contributed by atoms with Crippen LogP contribution in [0.4, 0.5) is 8.78 Å². The van der Waals surface area contributed by atoms with Gasteiger partial charge in [0.05, 0.1) is 0 Å². The van der Waals surface area contributed by atoms with Gasteiger partial charge in [0.25, 0.3) is 0 Å². The van der Waals surface area contributed by atoms with Crippen LogP contribution >= 0.6 is 12.4 Å². The maximum atomic E-state index is 13.1. The minimum atomic E-state index is -0.691. The van der Waals surface area contributed by atoms with Crippen LogP contribution in [0.5, 0.6) is 0 Å². The molecule has 5 heteroatoms. The first-order valence-electron chi connectivity index (χ1n) is 4.47. The summed E-state index contributed by atoms with van der Waals surface area (Å²) in [5, 5.41) is 8.56. The van der Waals surface area contributed by atoms with E-state index in [9.17, 15) is 8.78 Å².